The Balaban J connectivity index is 2.00. The van der Waals surface area contributed by atoms with E-state index in [1.807, 2.05) is 18.2 Å². The van der Waals surface area contributed by atoms with Gasteiger partial charge in [0.1, 0.15) is 11.4 Å². The van der Waals surface area contributed by atoms with Crippen molar-refractivity contribution in [2.75, 3.05) is 6.61 Å². The predicted molar refractivity (Wildman–Crippen MR) is 128 cm³/mol. The molecule has 4 rings (SSSR count). The number of nitrogens with zero attached hydrogens (tertiary/aromatic N) is 4. The minimum Gasteiger partial charge on any atom is -0.396 e. The van der Waals surface area contributed by atoms with Gasteiger partial charge >= 0.3 is 5.69 Å². The van der Waals surface area contributed by atoms with Gasteiger partial charge in [-0.2, -0.15) is 0 Å². The summed E-state index contributed by atoms with van der Waals surface area (Å²) < 4.78 is 4.15. The van der Waals surface area contributed by atoms with Crippen LogP contribution in [0, 0.1) is 5.41 Å². The van der Waals surface area contributed by atoms with Crippen LogP contribution >= 0.6 is 11.6 Å². The van der Waals surface area contributed by atoms with Crippen LogP contribution in [0.25, 0.3) is 11.2 Å². The Labute approximate surface area is 196 Å². The van der Waals surface area contributed by atoms with Crippen molar-refractivity contribution in [3.63, 3.8) is 0 Å². The first-order valence-electron chi connectivity index (χ1n) is 11.0. The lowest BCUT2D eigenvalue weighted by Crippen LogP contribution is -2.40. The van der Waals surface area contributed by atoms with E-state index in [1.54, 1.807) is 29.8 Å². The van der Waals surface area contributed by atoms with Crippen molar-refractivity contribution in [2.45, 2.75) is 51.8 Å². The van der Waals surface area contributed by atoms with Crippen LogP contribution < -0.4 is 11.2 Å². The number of aromatic nitrogens is 4. The molecule has 0 spiro atoms. The largest absolute Gasteiger partial charge is 0.396 e. The molecule has 0 radical (unpaired) electrons. The molecule has 1 atom stereocenters. The second-order valence-electron chi connectivity index (χ2n) is 9.44. The number of aliphatic hydroxyl groups is 2. The molecule has 0 fully saturated rings. The molecule has 0 bridgehead atoms. The third-order valence-electron chi connectivity index (χ3n) is 6.37. The quantitative estimate of drug-likeness (QED) is 0.537. The summed E-state index contributed by atoms with van der Waals surface area (Å²) in [5.74, 6) is 0.325. The average Bonchev–Trinajstić information content (AvgIpc) is 3.16. The maximum absolute atomic E-state index is 13.5. The highest BCUT2D eigenvalue weighted by Gasteiger charge is 2.38. The van der Waals surface area contributed by atoms with Crippen molar-refractivity contribution in [1.29, 1.82) is 0 Å². The van der Waals surface area contributed by atoms with E-state index in [4.69, 9.17) is 11.6 Å². The molecule has 1 unspecified atom stereocenters. The van der Waals surface area contributed by atoms with Crippen LogP contribution in [-0.4, -0.2) is 35.5 Å². The van der Waals surface area contributed by atoms with Crippen LogP contribution in [0.15, 0.2) is 46.0 Å². The fraction of sp³-hybridized carbons (Fsp3) is 0.458. The topological polar surface area (TPSA) is 102 Å². The summed E-state index contributed by atoms with van der Waals surface area (Å²) in [6.07, 6.45) is 5.18. The summed E-state index contributed by atoms with van der Waals surface area (Å²) in [5, 5.41) is 21.4. The SMILES string of the molecule is Cn1c(=O)n(CCCO)c(=O)c2c1nc(C1(O)C=CC(C)(C)CC1)n2Cc1ccc(Cl)cc1. The minimum atomic E-state index is -1.38. The fourth-order valence-corrected chi connectivity index (χ4v) is 4.41. The van der Waals surface area contributed by atoms with Gasteiger partial charge in [-0.15, -0.1) is 0 Å². The lowest BCUT2D eigenvalue weighted by Gasteiger charge is -2.34. The summed E-state index contributed by atoms with van der Waals surface area (Å²) in [6, 6.07) is 7.24. The molecule has 2 aromatic heterocycles. The highest BCUT2D eigenvalue weighted by atomic mass is 35.5. The molecule has 8 nitrogen and oxygen atoms in total. The van der Waals surface area contributed by atoms with E-state index >= 15 is 0 Å². The van der Waals surface area contributed by atoms with E-state index in [-0.39, 0.29) is 42.7 Å². The molecule has 2 heterocycles. The predicted octanol–water partition coefficient (Wildman–Crippen LogP) is 2.54. The molecule has 2 N–H and O–H groups in total. The molecule has 0 saturated heterocycles. The fourth-order valence-electron chi connectivity index (χ4n) is 4.28. The smallest absolute Gasteiger partial charge is 0.332 e. The van der Waals surface area contributed by atoms with Gasteiger partial charge in [-0.25, -0.2) is 9.78 Å². The van der Waals surface area contributed by atoms with Gasteiger partial charge in [0, 0.05) is 31.8 Å². The first-order chi connectivity index (χ1) is 15.6. The number of allylic oxidation sites excluding steroid dienone is 1. The Hall–Kier alpha value is -2.68. The Morgan fingerprint density at radius 1 is 1.09 bits per heavy atom. The van der Waals surface area contributed by atoms with Gasteiger partial charge in [0.25, 0.3) is 5.56 Å². The van der Waals surface area contributed by atoms with Gasteiger partial charge in [-0.1, -0.05) is 43.7 Å². The minimum absolute atomic E-state index is 0.0525. The van der Waals surface area contributed by atoms with Gasteiger partial charge in [-0.3, -0.25) is 13.9 Å². The number of aliphatic hydroxyl groups excluding tert-OH is 1. The first-order valence-corrected chi connectivity index (χ1v) is 11.4. The van der Waals surface area contributed by atoms with Crippen LogP contribution in [0.4, 0.5) is 0 Å². The van der Waals surface area contributed by atoms with E-state index in [0.717, 1.165) is 16.6 Å². The number of aryl methyl sites for hydroxylation is 1. The zero-order chi connectivity index (χ0) is 24.0. The maximum atomic E-state index is 13.5. The second kappa shape index (κ2) is 8.59. The van der Waals surface area contributed by atoms with Gasteiger partial charge < -0.3 is 14.8 Å². The van der Waals surface area contributed by atoms with E-state index in [9.17, 15) is 19.8 Å². The summed E-state index contributed by atoms with van der Waals surface area (Å²) in [4.78, 5) is 31.0. The number of benzene rings is 1. The molecule has 1 aliphatic rings. The van der Waals surface area contributed by atoms with E-state index in [1.165, 1.54) is 4.57 Å². The van der Waals surface area contributed by atoms with Crippen molar-refractivity contribution in [2.24, 2.45) is 12.5 Å². The Morgan fingerprint density at radius 2 is 1.79 bits per heavy atom. The maximum Gasteiger partial charge on any atom is 0.332 e. The van der Waals surface area contributed by atoms with E-state index in [2.05, 4.69) is 18.8 Å². The molecular weight excluding hydrogens is 444 g/mol. The number of imidazole rings is 1. The molecule has 0 amide bonds. The molecular formula is C24H29ClN4O4. The molecule has 1 aromatic carbocycles. The van der Waals surface area contributed by atoms with Crippen LogP contribution in [0.5, 0.6) is 0 Å². The second-order valence-corrected chi connectivity index (χ2v) is 9.88. The third-order valence-corrected chi connectivity index (χ3v) is 6.63. The van der Waals surface area contributed by atoms with Gasteiger partial charge in [-0.05, 0) is 48.4 Å². The van der Waals surface area contributed by atoms with Crippen LogP contribution in [0.2, 0.25) is 5.02 Å². The van der Waals surface area contributed by atoms with Crippen molar-refractivity contribution in [3.05, 3.63) is 73.7 Å². The molecule has 3 aromatic rings. The first kappa shape index (κ1) is 23.5. The van der Waals surface area contributed by atoms with E-state index < -0.39 is 16.9 Å². The van der Waals surface area contributed by atoms with Crippen LogP contribution in [-0.2, 0) is 25.7 Å². The third kappa shape index (κ3) is 4.30. The number of fused-ring (bicyclic) bond motifs is 1. The lowest BCUT2D eigenvalue weighted by molar-refractivity contribution is 0.0467. The number of halogens is 1. The molecule has 33 heavy (non-hydrogen) atoms. The van der Waals surface area contributed by atoms with Crippen LogP contribution in [0.3, 0.4) is 0 Å². The zero-order valence-corrected chi connectivity index (χ0v) is 19.8. The highest BCUT2D eigenvalue weighted by molar-refractivity contribution is 6.30. The van der Waals surface area contributed by atoms with Crippen molar-refractivity contribution in [1.82, 2.24) is 18.7 Å². The van der Waals surface area contributed by atoms with Gasteiger partial charge in [0.2, 0.25) is 0 Å². The Kier molecular flexibility index (Phi) is 6.11. The number of hydrogen-bond donors (Lipinski definition) is 2. The molecule has 9 heteroatoms. The standard InChI is InChI=1S/C24H29ClN4O4/c1-23(2)9-11-24(33,12-10-23)21-26-19-18(29(21)15-16-5-7-17(25)8-6-16)20(31)28(13-4-14-30)22(32)27(19)3/h5-9,11,30,33H,4,10,12-15H2,1-3H3. The summed E-state index contributed by atoms with van der Waals surface area (Å²) >= 11 is 6.04. The number of rotatable bonds is 6. The summed E-state index contributed by atoms with van der Waals surface area (Å²) in [5.41, 5.74) is -1.08. The van der Waals surface area contributed by atoms with Crippen molar-refractivity contribution in [3.8, 4) is 0 Å². The lowest BCUT2D eigenvalue weighted by atomic mass is 9.76. The molecule has 0 aliphatic heterocycles. The van der Waals surface area contributed by atoms with Gasteiger partial charge in [0.05, 0.1) is 0 Å². The van der Waals surface area contributed by atoms with Crippen molar-refractivity contribution < 1.29 is 10.2 Å². The van der Waals surface area contributed by atoms with E-state index in [0.29, 0.717) is 17.3 Å². The normalized spacial score (nSPS) is 19.9. The Morgan fingerprint density at radius 3 is 2.39 bits per heavy atom. The zero-order valence-electron chi connectivity index (χ0n) is 19.1. The van der Waals surface area contributed by atoms with Gasteiger partial charge in [0.15, 0.2) is 11.2 Å². The summed E-state index contributed by atoms with van der Waals surface area (Å²) in [7, 11) is 1.56. The Bertz CT molecular complexity index is 1330. The molecule has 176 valence electrons. The monoisotopic (exact) mass is 472 g/mol. The highest BCUT2D eigenvalue weighted by Crippen LogP contribution is 2.40. The average molecular weight is 473 g/mol. The van der Waals surface area contributed by atoms with Crippen LogP contribution in [0.1, 0.15) is 44.5 Å². The molecule has 1 aliphatic carbocycles. The summed E-state index contributed by atoms with van der Waals surface area (Å²) in [6.45, 7) is 4.43. The number of hydrogen-bond acceptors (Lipinski definition) is 5. The van der Waals surface area contributed by atoms with Crippen molar-refractivity contribution >= 4 is 22.8 Å². The molecule has 0 saturated carbocycles.